The molecule has 0 spiro atoms. The van der Waals surface area contributed by atoms with Gasteiger partial charge in [0.1, 0.15) is 0 Å². The van der Waals surface area contributed by atoms with Gasteiger partial charge in [0, 0.05) is 28.6 Å². The molecule has 3 unspecified atom stereocenters. The number of sulfonamides is 1. The van der Waals surface area contributed by atoms with Crippen LogP contribution in [-0.4, -0.2) is 41.8 Å². The molecule has 0 aromatic carbocycles. The maximum absolute atomic E-state index is 13.7. The summed E-state index contributed by atoms with van der Waals surface area (Å²) in [6.45, 7) is 0.430. The molecule has 5 nitrogen and oxygen atoms in total. The van der Waals surface area contributed by atoms with Gasteiger partial charge in [0.25, 0.3) is 0 Å². The predicted molar refractivity (Wildman–Crippen MR) is 124 cm³/mol. The molecule has 0 aromatic heterocycles. The van der Waals surface area contributed by atoms with Crippen LogP contribution in [0.15, 0.2) is 57.0 Å². The summed E-state index contributed by atoms with van der Waals surface area (Å²) in [5, 5.41) is 19.9. The van der Waals surface area contributed by atoms with Gasteiger partial charge in [-0.3, -0.25) is 0 Å². The Morgan fingerprint density at radius 1 is 1.16 bits per heavy atom. The molecule has 4 atom stereocenters. The van der Waals surface area contributed by atoms with E-state index in [2.05, 4.69) is 12.2 Å². The van der Waals surface area contributed by atoms with Crippen LogP contribution in [0.25, 0.3) is 0 Å². The van der Waals surface area contributed by atoms with Crippen molar-refractivity contribution in [3.63, 3.8) is 0 Å². The quantitative estimate of drug-likeness (QED) is 0.427. The normalized spacial score (nSPS) is 31.8. The molecule has 8 heteroatoms. The summed E-state index contributed by atoms with van der Waals surface area (Å²) in [6, 6.07) is -0.0692. The number of aliphatic hydroxyl groups is 2. The fraction of sp³-hybridized carbons (Fsp3) is 0.565. The fourth-order valence-electron chi connectivity index (χ4n) is 5.37. The van der Waals surface area contributed by atoms with Crippen molar-refractivity contribution in [2.75, 3.05) is 6.54 Å². The Bertz CT molecular complexity index is 964. The van der Waals surface area contributed by atoms with Gasteiger partial charge in [-0.2, -0.15) is 4.31 Å². The topological polar surface area (TPSA) is 77.8 Å². The standard InChI is InChI=1S/C23H29Cl2NO4S/c24-17-9-10-19(21(25)13-17)15-4-3-5-18(12-15)31(29,30)26-14-16(8-11-23(27)28)20-6-1-2-7-22(20)26/h1-5,13,15-16,20,22-23,27-28H,6-12,14H2/t15-,16?,20?,22?/m0/s1. The van der Waals surface area contributed by atoms with Crippen molar-refractivity contribution in [2.24, 2.45) is 17.8 Å². The molecule has 1 saturated heterocycles. The molecular formula is C23H29Cl2NO4S. The number of hydrogen-bond donors (Lipinski definition) is 2. The zero-order valence-corrected chi connectivity index (χ0v) is 19.7. The van der Waals surface area contributed by atoms with E-state index >= 15 is 0 Å². The fourth-order valence-corrected chi connectivity index (χ4v) is 7.93. The molecule has 2 N–H and O–H groups in total. The van der Waals surface area contributed by atoms with E-state index in [9.17, 15) is 18.6 Å². The van der Waals surface area contributed by atoms with E-state index in [4.69, 9.17) is 23.2 Å². The first kappa shape index (κ1) is 23.3. The number of allylic oxidation sites excluding steroid dienone is 9. The monoisotopic (exact) mass is 485 g/mol. The average molecular weight is 486 g/mol. The van der Waals surface area contributed by atoms with E-state index in [0.717, 1.165) is 29.9 Å². The van der Waals surface area contributed by atoms with E-state index in [-0.39, 0.29) is 30.2 Å². The largest absolute Gasteiger partial charge is 0.368 e. The van der Waals surface area contributed by atoms with Gasteiger partial charge in [-0.15, -0.1) is 0 Å². The van der Waals surface area contributed by atoms with Crippen molar-refractivity contribution in [3.8, 4) is 0 Å². The predicted octanol–water partition coefficient (Wildman–Crippen LogP) is 4.54. The van der Waals surface area contributed by atoms with Crippen LogP contribution in [-0.2, 0) is 10.0 Å². The molecule has 1 fully saturated rings. The maximum Gasteiger partial charge on any atom is 0.239 e. The molecule has 0 saturated carbocycles. The van der Waals surface area contributed by atoms with Crippen LogP contribution in [0, 0.1) is 17.8 Å². The van der Waals surface area contributed by atoms with Gasteiger partial charge in [0.05, 0.1) is 4.91 Å². The van der Waals surface area contributed by atoms with Gasteiger partial charge < -0.3 is 10.2 Å². The maximum atomic E-state index is 13.7. The lowest BCUT2D eigenvalue weighted by Crippen LogP contribution is -2.39. The van der Waals surface area contributed by atoms with Crippen molar-refractivity contribution in [1.82, 2.24) is 4.31 Å². The highest BCUT2D eigenvalue weighted by atomic mass is 35.5. The SMILES string of the molecule is O=S(=O)(C1=CC=C[C@H](C2=C(Cl)C=C(Cl)CC2)C1)N1CC(CCC(O)O)C2CC=CCC21. The molecule has 0 bridgehead atoms. The van der Waals surface area contributed by atoms with Crippen LogP contribution in [0.2, 0.25) is 0 Å². The molecule has 0 aromatic rings. The van der Waals surface area contributed by atoms with Crippen LogP contribution in [0.1, 0.15) is 44.9 Å². The van der Waals surface area contributed by atoms with E-state index in [0.29, 0.717) is 35.7 Å². The Labute approximate surface area is 194 Å². The minimum atomic E-state index is -3.63. The summed E-state index contributed by atoms with van der Waals surface area (Å²) in [5.41, 5.74) is 1.04. The molecule has 0 radical (unpaired) electrons. The lowest BCUT2D eigenvalue weighted by Gasteiger charge is -2.31. The zero-order chi connectivity index (χ0) is 22.2. The van der Waals surface area contributed by atoms with Crippen molar-refractivity contribution >= 4 is 33.2 Å². The van der Waals surface area contributed by atoms with Gasteiger partial charge in [0.15, 0.2) is 6.29 Å². The summed E-state index contributed by atoms with van der Waals surface area (Å²) in [4.78, 5) is 0.425. The van der Waals surface area contributed by atoms with E-state index in [1.54, 1.807) is 16.5 Å². The molecule has 4 rings (SSSR count). The molecule has 170 valence electrons. The van der Waals surface area contributed by atoms with Crippen LogP contribution in [0.5, 0.6) is 0 Å². The van der Waals surface area contributed by atoms with Crippen molar-refractivity contribution < 1.29 is 18.6 Å². The molecule has 1 heterocycles. The highest BCUT2D eigenvalue weighted by Crippen LogP contribution is 2.44. The third-order valence-electron chi connectivity index (χ3n) is 6.99. The molecule has 3 aliphatic carbocycles. The smallest absolute Gasteiger partial charge is 0.239 e. The number of nitrogens with zero attached hydrogens (tertiary/aromatic N) is 1. The van der Waals surface area contributed by atoms with Crippen LogP contribution in [0.4, 0.5) is 0 Å². The Kier molecular flexibility index (Phi) is 7.16. The van der Waals surface area contributed by atoms with Crippen LogP contribution in [0.3, 0.4) is 0 Å². The Morgan fingerprint density at radius 2 is 1.94 bits per heavy atom. The highest BCUT2D eigenvalue weighted by molar-refractivity contribution is 7.93. The number of rotatable bonds is 6. The highest BCUT2D eigenvalue weighted by Gasteiger charge is 2.47. The third kappa shape index (κ3) is 4.90. The lowest BCUT2D eigenvalue weighted by atomic mass is 9.81. The Hall–Kier alpha value is -0.890. The number of aliphatic hydroxyl groups excluding tert-OH is 1. The Morgan fingerprint density at radius 3 is 2.68 bits per heavy atom. The van der Waals surface area contributed by atoms with Gasteiger partial charge in [-0.25, -0.2) is 8.42 Å². The van der Waals surface area contributed by atoms with Gasteiger partial charge >= 0.3 is 0 Å². The van der Waals surface area contributed by atoms with Crippen molar-refractivity contribution in [3.05, 3.63) is 57.0 Å². The summed E-state index contributed by atoms with van der Waals surface area (Å²) in [6.07, 6.45) is 14.4. The zero-order valence-electron chi connectivity index (χ0n) is 17.3. The lowest BCUT2D eigenvalue weighted by molar-refractivity contribution is -0.0495. The third-order valence-corrected chi connectivity index (χ3v) is 9.64. The second-order valence-corrected chi connectivity index (χ2v) is 11.7. The first-order valence-electron chi connectivity index (χ1n) is 10.9. The van der Waals surface area contributed by atoms with E-state index in [1.165, 1.54) is 0 Å². The minimum Gasteiger partial charge on any atom is -0.368 e. The molecule has 31 heavy (non-hydrogen) atoms. The van der Waals surface area contributed by atoms with Crippen LogP contribution >= 0.6 is 23.2 Å². The molecule has 0 amide bonds. The second kappa shape index (κ2) is 9.54. The van der Waals surface area contributed by atoms with E-state index in [1.807, 2.05) is 12.2 Å². The summed E-state index contributed by atoms with van der Waals surface area (Å²) < 4.78 is 29.1. The minimum absolute atomic E-state index is 0.0479. The second-order valence-electron chi connectivity index (χ2n) is 8.86. The molecule has 4 aliphatic rings. The van der Waals surface area contributed by atoms with E-state index < -0.39 is 16.3 Å². The summed E-state index contributed by atoms with van der Waals surface area (Å²) in [5.74, 6) is 0.301. The summed E-state index contributed by atoms with van der Waals surface area (Å²) in [7, 11) is -3.63. The van der Waals surface area contributed by atoms with Crippen LogP contribution < -0.4 is 0 Å². The van der Waals surface area contributed by atoms with Crippen molar-refractivity contribution in [2.45, 2.75) is 57.3 Å². The number of halogens is 2. The van der Waals surface area contributed by atoms with Gasteiger partial charge in [-0.05, 0) is 74.5 Å². The molecule has 1 aliphatic heterocycles. The molecular weight excluding hydrogens is 457 g/mol. The number of hydrogen-bond acceptors (Lipinski definition) is 4. The Balaban J connectivity index is 1.55. The van der Waals surface area contributed by atoms with Gasteiger partial charge in [0.2, 0.25) is 10.0 Å². The first-order valence-corrected chi connectivity index (χ1v) is 13.1. The first-order chi connectivity index (χ1) is 14.8. The van der Waals surface area contributed by atoms with Gasteiger partial charge in [-0.1, -0.05) is 47.5 Å². The summed E-state index contributed by atoms with van der Waals surface area (Å²) >= 11 is 12.5. The average Bonchev–Trinajstić information content (AvgIpc) is 3.12. The number of fused-ring (bicyclic) bond motifs is 1. The van der Waals surface area contributed by atoms with Crippen molar-refractivity contribution in [1.29, 1.82) is 0 Å².